The zero-order valence-corrected chi connectivity index (χ0v) is 30.8. The number of rotatable bonds is 12. The Morgan fingerprint density at radius 1 is 0.904 bits per heavy atom. The van der Waals surface area contributed by atoms with Crippen molar-refractivity contribution in [1.29, 1.82) is 0 Å². The van der Waals surface area contributed by atoms with Gasteiger partial charge in [0.05, 0.1) is 31.0 Å². The van der Waals surface area contributed by atoms with E-state index in [1.54, 1.807) is 0 Å². The summed E-state index contributed by atoms with van der Waals surface area (Å²) in [6.07, 6.45) is 5.80. The Labute approximate surface area is 309 Å². The zero-order valence-electron chi connectivity index (χ0n) is 30.8. The maximum Gasteiger partial charge on any atom is 0.193 e. The molecule has 0 amide bonds. The molecule has 52 heavy (non-hydrogen) atoms. The second kappa shape index (κ2) is 17.3. The average Bonchev–Trinajstić information content (AvgIpc) is 3.40. The smallest absolute Gasteiger partial charge is 0.193 e. The predicted molar refractivity (Wildman–Crippen MR) is 207 cm³/mol. The van der Waals surface area contributed by atoms with Gasteiger partial charge >= 0.3 is 0 Å². The van der Waals surface area contributed by atoms with Crippen LogP contribution in [0.5, 0.6) is 0 Å². The molecule has 0 aromatic heterocycles. The molecule has 1 fully saturated rings. The average molecular weight is 702 g/mol. The Balaban J connectivity index is 1.33. The van der Waals surface area contributed by atoms with Gasteiger partial charge in [0.25, 0.3) is 0 Å². The van der Waals surface area contributed by atoms with Crippen molar-refractivity contribution in [2.24, 2.45) is 5.41 Å². The minimum absolute atomic E-state index is 0.0307. The number of benzene rings is 4. The summed E-state index contributed by atoms with van der Waals surface area (Å²) in [6, 6.07) is 35.8. The molecule has 0 aliphatic heterocycles. The number of ketones is 1. The highest BCUT2D eigenvalue weighted by Crippen LogP contribution is 2.59. The van der Waals surface area contributed by atoms with Crippen LogP contribution >= 0.6 is 0 Å². The van der Waals surface area contributed by atoms with Gasteiger partial charge in [-0.2, -0.15) is 0 Å². The minimum Gasteiger partial charge on any atom is -0.393 e. The molecule has 1 saturated carbocycles. The largest absolute Gasteiger partial charge is 0.393 e. The first kappa shape index (κ1) is 37.8. The molecule has 274 valence electrons. The third-order valence-corrected chi connectivity index (χ3v) is 11.6. The summed E-state index contributed by atoms with van der Waals surface area (Å²) in [6.45, 7) is 6.26. The van der Waals surface area contributed by atoms with Gasteiger partial charge in [-0.1, -0.05) is 122 Å². The summed E-state index contributed by atoms with van der Waals surface area (Å²) < 4.78 is 5.94. The molecule has 5 atom stereocenters. The Bertz CT molecular complexity index is 1780. The van der Waals surface area contributed by atoms with Gasteiger partial charge in [-0.3, -0.25) is 9.69 Å². The molecular weight excluding hydrogens is 647 g/mol. The molecule has 0 heterocycles. The van der Waals surface area contributed by atoms with E-state index in [2.05, 4.69) is 49.1 Å². The van der Waals surface area contributed by atoms with E-state index in [0.717, 1.165) is 47.9 Å². The number of fused-ring (bicyclic) bond motifs is 8. The van der Waals surface area contributed by atoms with E-state index >= 15 is 0 Å². The first-order valence-corrected chi connectivity index (χ1v) is 19.0. The Morgan fingerprint density at radius 3 is 2.29 bits per heavy atom. The van der Waals surface area contributed by atoms with Gasteiger partial charge in [-0.15, -0.1) is 0 Å². The molecule has 3 aliphatic carbocycles. The van der Waals surface area contributed by atoms with Crippen LogP contribution in [-0.4, -0.2) is 63.5 Å². The molecule has 6 nitrogen and oxygen atoms in total. The summed E-state index contributed by atoms with van der Waals surface area (Å²) >= 11 is 0. The maximum absolute atomic E-state index is 14.3. The SMILES string of the molecule is CC1=CCCC2(C)C(CCC2(O)CN(Cc2ccccc2)CC(O)COCc2ccccc2)c2ccc(cc2C(=O)c2ccccc2)CC(O)CC1. The van der Waals surface area contributed by atoms with Crippen LogP contribution in [0.1, 0.15) is 96.5 Å². The number of hydrogen-bond acceptors (Lipinski definition) is 6. The van der Waals surface area contributed by atoms with Gasteiger partial charge in [-0.05, 0) is 86.1 Å². The fraction of sp³-hybridized carbons (Fsp3) is 0.413. The molecule has 0 radical (unpaired) electrons. The van der Waals surface area contributed by atoms with Crippen LogP contribution in [0.4, 0.5) is 0 Å². The van der Waals surface area contributed by atoms with E-state index in [1.807, 2.05) is 84.9 Å². The third-order valence-electron chi connectivity index (χ3n) is 11.6. The van der Waals surface area contributed by atoms with Crippen LogP contribution < -0.4 is 0 Å². The lowest BCUT2D eigenvalue weighted by atomic mass is 9.64. The molecule has 0 saturated heterocycles. The van der Waals surface area contributed by atoms with Gasteiger partial charge in [0.2, 0.25) is 0 Å². The van der Waals surface area contributed by atoms with Crippen molar-refractivity contribution < 1.29 is 24.9 Å². The van der Waals surface area contributed by atoms with Crippen LogP contribution in [0, 0.1) is 5.41 Å². The Morgan fingerprint density at radius 2 is 1.58 bits per heavy atom. The number of carbonyl (C=O) groups excluding carboxylic acids is 1. The summed E-state index contributed by atoms with van der Waals surface area (Å²) in [7, 11) is 0. The zero-order chi connectivity index (χ0) is 36.6. The van der Waals surface area contributed by atoms with Crippen molar-refractivity contribution >= 4 is 5.78 Å². The number of hydrogen-bond donors (Lipinski definition) is 3. The molecule has 3 N–H and O–H groups in total. The number of ether oxygens (including phenoxy) is 1. The number of nitrogens with zero attached hydrogens (tertiary/aromatic N) is 1. The number of aliphatic hydroxyl groups excluding tert-OH is 2. The van der Waals surface area contributed by atoms with Crippen molar-refractivity contribution in [3.63, 3.8) is 0 Å². The highest BCUT2D eigenvalue weighted by atomic mass is 16.5. The Hall–Kier alpha value is -3.91. The van der Waals surface area contributed by atoms with Crippen LogP contribution in [0.2, 0.25) is 0 Å². The quantitative estimate of drug-likeness (QED) is 0.102. The van der Waals surface area contributed by atoms with Crippen LogP contribution in [0.15, 0.2) is 121 Å². The van der Waals surface area contributed by atoms with E-state index in [0.29, 0.717) is 56.6 Å². The molecule has 2 bridgehead atoms. The maximum atomic E-state index is 14.3. The van der Waals surface area contributed by atoms with E-state index in [-0.39, 0.29) is 18.3 Å². The summed E-state index contributed by atoms with van der Waals surface area (Å²) in [5.41, 5.74) is 4.94. The van der Waals surface area contributed by atoms with E-state index in [9.17, 15) is 20.1 Å². The molecule has 6 heteroatoms. The highest BCUT2D eigenvalue weighted by molar-refractivity contribution is 6.10. The summed E-state index contributed by atoms with van der Waals surface area (Å²) in [4.78, 5) is 16.5. The van der Waals surface area contributed by atoms with Crippen molar-refractivity contribution in [2.45, 2.75) is 95.7 Å². The monoisotopic (exact) mass is 701 g/mol. The van der Waals surface area contributed by atoms with Gasteiger partial charge < -0.3 is 20.1 Å². The normalized spacial score (nSPS) is 24.2. The van der Waals surface area contributed by atoms with Gasteiger partial charge in [0.1, 0.15) is 0 Å². The number of aliphatic hydroxyl groups is 3. The first-order chi connectivity index (χ1) is 25.1. The number of carbonyl (C=O) groups is 1. The predicted octanol–water partition coefficient (Wildman–Crippen LogP) is 8.04. The highest BCUT2D eigenvalue weighted by Gasteiger charge is 2.57. The van der Waals surface area contributed by atoms with E-state index < -0.39 is 23.2 Å². The molecule has 7 rings (SSSR count). The molecular formula is C46H55NO5. The lowest BCUT2D eigenvalue weighted by molar-refractivity contribution is -0.0923. The third kappa shape index (κ3) is 9.17. The molecule has 4 aromatic carbocycles. The molecule has 0 spiro atoms. The lowest BCUT2D eigenvalue weighted by Gasteiger charge is -2.46. The molecule has 5 unspecified atom stereocenters. The summed E-state index contributed by atoms with van der Waals surface area (Å²) in [5, 5.41) is 35.3. The van der Waals surface area contributed by atoms with Crippen molar-refractivity contribution in [2.75, 3.05) is 19.7 Å². The van der Waals surface area contributed by atoms with E-state index in [4.69, 9.17) is 4.74 Å². The minimum atomic E-state index is -1.10. The fourth-order valence-electron chi connectivity index (χ4n) is 8.58. The summed E-state index contributed by atoms with van der Waals surface area (Å²) in [5.74, 6) is -0.106. The molecule has 3 aliphatic rings. The first-order valence-electron chi connectivity index (χ1n) is 19.0. The van der Waals surface area contributed by atoms with Gasteiger partial charge in [0.15, 0.2) is 5.78 Å². The van der Waals surface area contributed by atoms with Crippen molar-refractivity contribution in [3.8, 4) is 0 Å². The number of allylic oxidation sites excluding steroid dienone is 2. The van der Waals surface area contributed by atoms with Gasteiger partial charge in [-0.25, -0.2) is 0 Å². The van der Waals surface area contributed by atoms with E-state index in [1.165, 1.54) is 5.57 Å². The molecule has 4 aromatic rings. The second-order valence-electron chi connectivity index (χ2n) is 15.5. The van der Waals surface area contributed by atoms with Crippen LogP contribution in [0.25, 0.3) is 0 Å². The van der Waals surface area contributed by atoms with Crippen LogP contribution in [0.3, 0.4) is 0 Å². The topological polar surface area (TPSA) is 90.2 Å². The van der Waals surface area contributed by atoms with Gasteiger partial charge in [0, 0.05) is 36.2 Å². The Kier molecular flexibility index (Phi) is 12.6. The van der Waals surface area contributed by atoms with Crippen molar-refractivity contribution in [1.82, 2.24) is 4.90 Å². The van der Waals surface area contributed by atoms with Crippen LogP contribution in [-0.2, 0) is 24.3 Å². The standard InChI is InChI=1S/C46H55NO5/c1-34-13-12-25-45(2)43(41-23-21-37(27-39(48)22-20-34)28-42(41)44(50)38-18-10-5-11-19-38)24-26-46(45,51)33-47(29-35-14-6-3-7-15-35)30-40(49)32-52-31-36-16-8-4-9-17-36/h3-11,13-19,21,23,28,39-40,43,48-49,51H,12,20,22,24-27,29-33H2,1-2H3. The fourth-order valence-corrected chi connectivity index (χ4v) is 8.58. The van der Waals surface area contributed by atoms with Crippen molar-refractivity contribution in [3.05, 3.63) is 154 Å². The second-order valence-corrected chi connectivity index (χ2v) is 15.5. The lowest BCUT2D eigenvalue weighted by Crippen LogP contribution is -2.53.